The van der Waals surface area contributed by atoms with Crippen molar-refractivity contribution < 1.29 is 4.39 Å². The maximum Gasteiger partial charge on any atom is 0.126 e. The molecule has 1 nitrogen and oxygen atoms in total. The van der Waals surface area contributed by atoms with Gasteiger partial charge in [0.05, 0.1) is 4.21 Å². The summed E-state index contributed by atoms with van der Waals surface area (Å²) >= 11 is 3.42. The van der Waals surface area contributed by atoms with Gasteiger partial charge in [-0.05, 0) is 55.1 Å². The Labute approximate surface area is 122 Å². The van der Waals surface area contributed by atoms with Crippen LogP contribution in [0, 0.1) is 12.7 Å². The summed E-state index contributed by atoms with van der Waals surface area (Å²) in [6.07, 6.45) is 0. The van der Waals surface area contributed by atoms with Crippen LogP contribution in [0.4, 0.5) is 4.39 Å². The van der Waals surface area contributed by atoms with Crippen LogP contribution in [0.25, 0.3) is 0 Å². The Morgan fingerprint density at radius 2 is 2.21 bits per heavy atom. The number of aryl methyl sites for hydroxylation is 1. The topological polar surface area (TPSA) is 12.0 Å². The Kier molecular flexibility index (Phi) is 5.02. The summed E-state index contributed by atoms with van der Waals surface area (Å²) in [6.45, 7) is 6.83. The van der Waals surface area contributed by atoms with Crippen molar-refractivity contribution in [3.8, 4) is 0 Å². The molecule has 1 aromatic heterocycles. The number of benzene rings is 1. The zero-order valence-electron chi connectivity index (χ0n) is 11.4. The molecule has 0 amide bonds. The van der Waals surface area contributed by atoms with Gasteiger partial charge in [-0.3, -0.25) is 0 Å². The molecule has 2 rings (SSSR count). The summed E-state index contributed by atoms with van der Waals surface area (Å²) in [6, 6.07) is 7.90. The molecule has 19 heavy (non-hydrogen) atoms. The zero-order valence-corrected chi connectivity index (χ0v) is 13.0. The first kappa shape index (κ1) is 14.6. The number of nitrogens with one attached hydrogen (secondary N) is 1. The van der Waals surface area contributed by atoms with Gasteiger partial charge in [-0.25, -0.2) is 4.39 Å². The van der Waals surface area contributed by atoms with Gasteiger partial charge in [0, 0.05) is 10.9 Å². The molecule has 1 heterocycles. The average molecular weight is 295 g/mol. The third kappa shape index (κ3) is 3.59. The minimum Gasteiger partial charge on any atom is -0.310 e. The Balaban J connectivity index is 2.36. The van der Waals surface area contributed by atoms with E-state index in [1.54, 1.807) is 29.2 Å². The number of thiophene rings is 1. The van der Waals surface area contributed by atoms with Gasteiger partial charge in [0.25, 0.3) is 0 Å². The highest BCUT2D eigenvalue weighted by atomic mass is 32.2. The fourth-order valence-electron chi connectivity index (χ4n) is 1.94. The van der Waals surface area contributed by atoms with Crippen LogP contribution in [-0.2, 0) is 0 Å². The summed E-state index contributed by atoms with van der Waals surface area (Å²) < 4.78 is 15.0. The lowest BCUT2D eigenvalue weighted by molar-refractivity contribution is 0.571. The Hall–Kier alpha value is -0.840. The molecule has 102 valence electrons. The smallest absolute Gasteiger partial charge is 0.126 e. The van der Waals surface area contributed by atoms with Crippen molar-refractivity contribution in [1.82, 2.24) is 5.32 Å². The lowest BCUT2D eigenvalue weighted by atomic mass is 10.1. The molecule has 0 saturated heterocycles. The fraction of sp³-hybridized carbons (Fsp3) is 0.333. The molecule has 0 aliphatic rings. The summed E-state index contributed by atoms with van der Waals surface area (Å²) in [7, 11) is 0. The summed E-state index contributed by atoms with van der Waals surface area (Å²) in [5, 5.41) is 5.41. The number of rotatable bonds is 5. The Morgan fingerprint density at radius 1 is 1.42 bits per heavy atom. The summed E-state index contributed by atoms with van der Waals surface area (Å²) in [5.41, 5.74) is 1.73. The van der Waals surface area contributed by atoms with E-state index in [4.69, 9.17) is 0 Å². The van der Waals surface area contributed by atoms with Crippen molar-refractivity contribution in [2.24, 2.45) is 0 Å². The maximum absolute atomic E-state index is 13.8. The van der Waals surface area contributed by atoms with E-state index in [0.717, 1.165) is 17.0 Å². The molecule has 1 aromatic carbocycles. The van der Waals surface area contributed by atoms with E-state index in [9.17, 15) is 4.39 Å². The predicted octanol–water partition coefficient (Wildman–Crippen LogP) is 5.02. The number of hydrogen-bond donors (Lipinski definition) is 1. The van der Waals surface area contributed by atoms with E-state index >= 15 is 0 Å². The van der Waals surface area contributed by atoms with Crippen molar-refractivity contribution in [2.45, 2.75) is 35.9 Å². The maximum atomic E-state index is 13.8. The van der Waals surface area contributed by atoms with Crippen molar-refractivity contribution >= 4 is 23.1 Å². The van der Waals surface area contributed by atoms with Gasteiger partial charge in [-0.2, -0.15) is 0 Å². The molecule has 0 radical (unpaired) electrons. The molecule has 1 atom stereocenters. The van der Waals surface area contributed by atoms with Crippen molar-refractivity contribution in [1.29, 1.82) is 0 Å². The lowest BCUT2D eigenvalue weighted by Gasteiger charge is -2.17. The first-order valence-electron chi connectivity index (χ1n) is 6.36. The molecule has 0 fully saturated rings. The van der Waals surface area contributed by atoms with Crippen LogP contribution in [0.15, 0.2) is 38.8 Å². The van der Waals surface area contributed by atoms with Crippen molar-refractivity contribution in [2.75, 3.05) is 6.54 Å². The Morgan fingerprint density at radius 3 is 2.84 bits per heavy atom. The van der Waals surface area contributed by atoms with Crippen molar-refractivity contribution in [3.63, 3.8) is 0 Å². The standard InChI is InChI=1S/C15H18FNS2/c1-4-17-11(3)12-9-13(16)10(2)8-14(12)19-15-6-5-7-18-15/h5-9,11,17H,4H2,1-3H3. The van der Waals surface area contributed by atoms with Crippen LogP contribution in [0.5, 0.6) is 0 Å². The molecule has 0 spiro atoms. The largest absolute Gasteiger partial charge is 0.310 e. The van der Waals surface area contributed by atoms with Crippen LogP contribution in [0.2, 0.25) is 0 Å². The quantitative estimate of drug-likeness (QED) is 0.831. The first-order valence-corrected chi connectivity index (χ1v) is 8.06. The fourth-order valence-corrected chi connectivity index (χ4v) is 3.97. The highest BCUT2D eigenvalue weighted by Crippen LogP contribution is 2.37. The molecule has 0 saturated carbocycles. The highest BCUT2D eigenvalue weighted by molar-refractivity contribution is 8.01. The average Bonchev–Trinajstić information content (AvgIpc) is 2.86. The van der Waals surface area contributed by atoms with E-state index in [1.165, 1.54) is 4.21 Å². The van der Waals surface area contributed by atoms with Crippen LogP contribution in [0.1, 0.15) is 31.0 Å². The second-order valence-corrected chi connectivity index (χ2v) is 6.74. The van der Waals surface area contributed by atoms with Gasteiger partial charge in [0.2, 0.25) is 0 Å². The lowest BCUT2D eigenvalue weighted by Crippen LogP contribution is -2.18. The van der Waals surface area contributed by atoms with Crippen LogP contribution < -0.4 is 5.32 Å². The molecule has 1 unspecified atom stereocenters. The van der Waals surface area contributed by atoms with E-state index in [1.807, 2.05) is 19.1 Å². The molecule has 4 heteroatoms. The van der Waals surface area contributed by atoms with Crippen molar-refractivity contribution in [3.05, 3.63) is 46.6 Å². The molecule has 1 N–H and O–H groups in total. The molecule has 0 bridgehead atoms. The van der Waals surface area contributed by atoms with Gasteiger partial charge in [0.15, 0.2) is 0 Å². The second-order valence-electron chi connectivity index (χ2n) is 4.45. The van der Waals surface area contributed by atoms with E-state index in [2.05, 4.69) is 30.6 Å². The Bertz CT molecular complexity index is 537. The van der Waals surface area contributed by atoms with E-state index < -0.39 is 0 Å². The molecule has 0 aliphatic carbocycles. The molecular formula is C15H18FNS2. The molecular weight excluding hydrogens is 277 g/mol. The van der Waals surface area contributed by atoms with E-state index in [0.29, 0.717) is 5.56 Å². The third-order valence-electron chi connectivity index (χ3n) is 2.97. The molecule has 2 aromatic rings. The monoisotopic (exact) mass is 295 g/mol. The zero-order chi connectivity index (χ0) is 13.8. The van der Waals surface area contributed by atoms with Gasteiger partial charge in [0.1, 0.15) is 5.82 Å². The van der Waals surface area contributed by atoms with Gasteiger partial charge >= 0.3 is 0 Å². The van der Waals surface area contributed by atoms with E-state index in [-0.39, 0.29) is 11.9 Å². The summed E-state index contributed by atoms with van der Waals surface area (Å²) in [4.78, 5) is 1.13. The predicted molar refractivity (Wildman–Crippen MR) is 81.7 cm³/mol. The number of halogens is 1. The first-order chi connectivity index (χ1) is 9.11. The second kappa shape index (κ2) is 6.55. The highest BCUT2D eigenvalue weighted by Gasteiger charge is 2.14. The van der Waals surface area contributed by atoms with Gasteiger partial charge in [-0.1, -0.05) is 24.8 Å². The molecule has 0 aliphatic heterocycles. The summed E-state index contributed by atoms with van der Waals surface area (Å²) in [5.74, 6) is -0.129. The van der Waals surface area contributed by atoms with Gasteiger partial charge < -0.3 is 5.32 Å². The SMILES string of the molecule is CCNC(C)c1cc(F)c(C)cc1Sc1cccs1. The number of hydrogen-bond acceptors (Lipinski definition) is 3. The minimum atomic E-state index is -0.129. The van der Waals surface area contributed by atoms with Crippen LogP contribution in [-0.4, -0.2) is 6.54 Å². The third-order valence-corrected chi connectivity index (χ3v) is 5.08. The van der Waals surface area contributed by atoms with Crippen LogP contribution >= 0.6 is 23.1 Å². The van der Waals surface area contributed by atoms with Crippen LogP contribution in [0.3, 0.4) is 0 Å². The normalized spacial score (nSPS) is 12.6. The minimum absolute atomic E-state index is 0.129. The van der Waals surface area contributed by atoms with Gasteiger partial charge in [-0.15, -0.1) is 11.3 Å².